The highest BCUT2D eigenvalue weighted by molar-refractivity contribution is 5.33. The fourth-order valence-corrected chi connectivity index (χ4v) is 3.38. The highest BCUT2D eigenvalue weighted by Gasteiger charge is 2.20. The van der Waals surface area contributed by atoms with Gasteiger partial charge in [-0.15, -0.1) is 0 Å². The van der Waals surface area contributed by atoms with Crippen LogP contribution in [0.4, 0.5) is 0 Å². The number of piperidine rings is 1. The Bertz CT molecular complexity index is 394. The zero-order valence-corrected chi connectivity index (χ0v) is 13.3. The van der Waals surface area contributed by atoms with E-state index in [0.717, 1.165) is 37.0 Å². The van der Waals surface area contributed by atoms with E-state index >= 15 is 0 Å². The van der Waals surface area contributed by atoms with Gasteiger partial charge in [0.2, 0.25) is 0 Å². The van der Waals surface area contributed by atoms with Crippen LogP contribution in [-0.4, -0.2) is 31.1 Å². The highest BCUT2D eigenvalue weighted by atomic mass is 16.5. The van der Waals surface area contributed by atoms with Crippen molar-refractivity contribution in [2.24, 2.45) is 11.8 Å². The number of hydrogen-bond acceptors (Lipinski definition) is 2. The molecule has 0 unspecified atom stereocenters. The lowest BCUT2D eigenvalue weighted by Crippen LogP contribution is -2.39. The Labute approximate surface area is 124 Å². The molecule has 2 rings (SSSR count). The number of para-hydroxylation sites is 1. The van der Waals surface area contributed by atoms with Gasteiger partial charge in [-0.25, -0.2) is 0 Å². The summed E-state index contributed by atoms with van der Waals surface area (Å²) >= 11 is 0. The first-order valence-corrected chi connectivity index (χ1v) is 8.12. The zero-order chi connectivity index (χ0) is 14.4. The lowest BCUT2D eigenvalue weighted by atomic mass is 9.92. The predicted octanol–water partition coefficient (Wildman–Crippen LogP) is 4.00. The van der Waals surface area contributed by atoms with Crippen LogP contribution in [0.25, 0.3) is 0 Å². The second-order valence-corrected chi connectivity index (χ2v) is 6.37. The van der Waals surface area contributed by atoms with Gasteiger partial charge in [-0.05, 0) is 42.7 Å². The molecular formula is C18H29NO. The third-order valence-electron chi connectivity index (χ3n) is 4.17. The van der Waals surface area contributed by atoms with Crippen molar-refractivity contribution < 1.29 is 4.74 Å². The molecule has 0 saturated carbocycles. The molecule has 0 radical (unpaired) electrons. The van der Waals surface area contributed by atoms with Crippen molar-refractivity contribution in [3.05, 3.63) is 29.8 Å². The fraction of sp³-hybridized carbons (Fsp3) is 0.667. The third-order valence-corrected chi connectivity index (χ3v) is 4.17. The third kappa shape index (κ3) is 4.52. The number of nitrogens with zero attached hydrogens (tertiary/aromatic N) is 1. The van der Waals surface area contributed by atoms with Gasteiger partial charge in [-0.3, -0.25) is 0 Å². The van der Waals surface area contributed by atoms with Crippen molar-refractivity contribution >= 4 is 0 Å². The van der Waals surface area contributed by atoms with Crippen molar-refractivity contribution in [3.63, 3.8) is 0 Å². The van der Waals surface area contributed by atoms with E-state index in [0.29, 0.717) is 0 Å². The van der Waals surface area contributed by atoms with Crippen LogP contribution >= 0.6 is 0 Å². The average Bonchev–Trinajstić information content (AvgIpc) is 2.43. The van der Waals surface area contributed by atoms with Crippen molar-refractivity contribution in [1.82, 2.24) is 4.90 Å². The first kappa shape index (κ1) is 15.4. The highest BCUT2D eigenvalue weighted by Crippen LogP contribution is 2.21. The molecule has 20 heavy (non-hydrogen) atoms. The summed E-state index contributed by atoms with van der Waals surface area (Å²) in [5, 5.41) is 0. The first-order valence-electron chi connectivity index (χ1n) is 8.12. The summed E-state index contributed by atoms with van der Waals surface area (Å²) in [5.41, 5.74) is 1.31. The SMILES string of the molecule is CCc1ccccc1OCCCN1C[C@@H](C)C[C@H](C)C1. The number of aryl methyl sites for hydroxylation is 1. The zero-order valence-electron chi connectivity index (χ0n) is 13.3. The summed E-state index contributed by atoms with van der Waals surface area (Å²) in [6.45, 7) is 11.4. The Balaban J connectivity index is 1.71. The van der Waals surface area contributed by atoms with Crippen LogP contribution in [0.2, 0.25) is 0 Å². The Hall–Kier alpha value is -1.02. The lowest BCUT2D eigenvalue weighted by Gasteiger charge is -2.34. The Morgan fingerprint density at radius 1 is 1.15 bits per heavy atom. The molecule has 1 saturated heterocycles. The monoisotopic (exact) mass is 275 g/mol. The summed E-state index contributed by atoms with van der Waals surface area (Å²) < 4.78 is 5.95. The minimum atomic E-state index is 0.830. The lowest BCUT2D eigenvalue weighted by molar-refractivity contribution is 0.132. The van der Waals surface area contributed by atoms with Gasteiger partial charge in [0, 0.05) is 19.6 Å². The molecule has 0 bridgehead atoms. The van der Waals surface area contributed by atoms with E-state index in [2.05, 4.69) is 49.9 Å². The molecule has 2 heteroatoms. The van der Waals surface area contributed by atoms with Crippen molar-refractivity contribution in [1.29, 1.82) is 0 Å². The molecule has 0 N–H and O–H groups in total. The molecule has 0 amide bonds. The topological polar surface area (TPSA) is 12.5 Å². The molecule has 112 valence electrons. The molecule has 1 heterocycles. The van der Waals surface area contributed by atoms with Gasteiger partial charge in [0.25, 0.3) is 0 Å². The normalized spacial score (nSPS) is 23.8. The van der Waals surface area contributed by atoms with Gasteiger partial charge in [0.05, 0.1) is 6.61 Å². The smallest absolute Gasteiger partial charge is 0.122 e. The van der Waals surface area contributed by atoms with Crippen molar-refractivity contribution in [2.45, 2.75) is 40.0 Å². The number of benzene rings is 1. The van der Waals surface area contributed by atoms with Crippen LogP contribution in [0, 0.1) is 11.8 Å². The maximum Gasteiger partial charge on any atom is 0.122 e. The molecule has 2 nitrogen and oxygen atoms in total. The van der Waals surface area contributed by atoms with E-state index in [9.17, 15) is 0 Å². The Kier molecular flexibility index (Phi) is 5.90. The van der Waals surface area contributed by atoms with Crippen molar-refractivity contribution in [3.8, 4) is 5.75 Å². The van der Waals surface area contributed by atoms with Gasteiger partial charge in [0.1, 0.15) is 5.75 Å². The molecule has 0 aromatic heterocycles. The quantitative estimate of drug-likeness (QED) is 0.728. The molecule has 1 fully saturated rings. The van der Waals surface area contributed by atoms with Crippen LogP contribution in [0.5, 0.6) is 5.75 Å². The van der Waals surface area contributed by atoms with Crippen LogP contribution < -0.4 is 4.74 Å². The summed E-state index contributed by atoms with van der Waals surface area (Å²) in [7, 11) is 0. The van der Waals surface area contributed by atoms with E-state index in [1.807, 2.05) is 0 Å². The van der Waals surface area contributed by atoms with Crippen molar-refractivity contribution in [2.75, 3.05) is 26.2 Å². The number of likely N-dealkylation sites (tertiary alicyclic amines) is 1. The molecule has 1 aliphatic rings. The second kappa shape index (κ2) is 7.68. The van der Waals surface area contributed by atoms with Crippen LogP contribution in [0.15, 0.2) is 24.3 Å². The van der Waals surface area contributed by atoms with Crippen LogP contribution in [-0.2, 0) is 6.42 Å². The molecule has 0 spiro atoms. The van der Waals surface area contributed by atoms with Crippen LogP contribution in [0.1, 0.15) is 39.2 Å². The van der Waals surface area contributed by atoms with Gasteiger partial charge in [-0.2, -0.15) is 0 Å². The van der Waals surface area contributed by atoms with E-state index < -0.39 is 0 Å². The molecule has 1 aromatic carbocycles. The maximum absolute atomic E-state index is 5.95. The van der Waals surface area contributed by atoms with E-state index in [1.54, 1.807) is 0 Å². The summed E-state index contributed by atoms with van der Waals surface area (Å²) in [6, 6.07) is 8.39. The van der Waals surface area contributed by atoms with E-state index in [1.165, 1.54) is 31.6 Å². The van der Waals surface area contributed by atoms with E-state index in [4.69, 9.17) is 4.74 Å². The maximum atomic E-state index is 5.95. The van der Waals surface area contributed by atoms with Gasteiger partial charge in [0.15, 0.2) is 0 Å². The first-order chi connectivity index (χ1) is 9.69. The molecular weight excluding hydrogens is 246 g/mol. The number of rotatable bonds is 6. The predicted molar refractivity (Wildman–Crippen MR) is 85.3 cm³/mol. The minimum Gasteiger partial charge on any atom is -0.493 e. The summed E-state index contributed by atoms with van der Waals surface area (Å²) in [6.07, 6.45) is 3.55. The number of ether oxygens (including phenoxy) is 1. The van der Waals surface area contributed by atoms with Gasteiger partial charge in [-0.1, -0.05) is 39.0 Å². The standard InChI is InChI=1S/C18H29NO/c1-4-17-8-5-6-9-18(17)20-11-7-10-19-13-15(2)12-16(3)14-19/h5-6,8-9,15-16H,4,7,10-14H2,1-3H3/t15-,16-/m0/s1. The molecule has 0 aliphatic carbocycles. The largest absolute Gasteiger partial charge is 0.493 e. The fourth-order valence-electron chi connectivity index (χ4n) is 3.38. The molecule has 1 aromatic rings. The number of hydrogen-bond donors (Lipinski definition) is 0. The summed E-state index contributed by atoms with van der Waals surface area (Å²) in [5.74, 6) is 2.76. The molecule has 2 atom stereocenters. The average molecular weight is 275 g/mol. The summed E-state index contributed by atoms with van der Waals surface area (Å²) in [4.78, 5) is 2.61. The van der Waals surface area contributed by atoms with E-state index in [-0.39, 0.29) is 0 Å². The Morgan fingerprint density at radius 3 is 2.55 bits per heavy atom. The van der Waals surface area contributed by atoms with Crippen LogP contribution in [0.3, 0.4) is 0 Å². The minimum absolute atomic E-state index is 0.830. The van der Waals surface area contributed by atoms with Gasteiger partial charge >= 0.3 is 0 Å². The second-order valence-electron chi connectivity index (χ2n) is 6.37. The Morgan fingerprint density at radius 2 is 1.85 bits per heavy atom. The van der Waals surface area contributed by atoms with Gasteiger partial charge < -0.3 is 9.64 Å². The molecule has 1 aliphatic heterocycles.